The van der Waals surface area contributed by atoms with E-state index in [1.54, 1.807) is 21.4 Å². The van der Waals surface area contributed by atoms with Crippen LogP contribution in [0.25, 0.3) is 0 Å². The zero-order valence-corrected chi connectivity index (χ0v) is 19.0. The molecule has 0 spiro atoms. The molecule has 5 rings (SSSR count). The third-order valence-corrected chi connectivity index (χ3v) is 7.12. The Bertz CT molecular complexity index is 1220. The quantitative estimate of drug-likeness (QED) is 0.521. The van der Waals surface area contributed by atoms with Crippen LogP contribution in [-0.4, -0.2) is 44.7 Å². The largest absolute Gasteiger partial charge is 0.345 e. The number of hydrogen-bond donors (Lipinski definition) is 0. The number of rotatable bonds is 6. The predicted molar refractivity (Wildman–Crippen MR) is 124 cm³/mol. The molecular formula is C26H28F2N4O2. The number of benzene rings is 2. The third-order valence-electron chi connectivity index (χ3n) is 7.12. The molecule has 2 atom stereocenters. The first-order valence-electron chi connectivity index (χ1n) is 11.9. The Morgan fingerprint density at radius 2 is 1.65 bits per heavy atom. The Morgan fingerprint density at radius 3 is 2.35 bits per heavy atom. The van der Waals surface area contributed by atoms with Crippen LogP contribution in [0.15, 0.2) is 53.3 Å². The van der Waals surface area contributed by atoms with Crippen LogP contribution in [0.2, 0.25) is 0 Å². The van der Waals surface area contributed by atoms with Crippen LogP contribution in [0.3, 0.4) is 0 Å². The van der Waals surface area contributed by atoms with Crippen molar-refractivity contribution in [3.8, 4) is 0 Å². The van der Waals surface area contributed by atoms with Gasteiger partial charge in [-0.25, -0.2) is 18.3 Å². The topological polar surface area (TPSA) is 60.1 Å². The van der Waals surface area contributed by atoms with Crippen molar-refractivity contribution in [3.05, 3.63) is 87.6 Å². The van der Waals surface area contributed by atoms with Crippen molar-refractivity contribution in [2.24, 2.45) is 5.92 Å². The van der Waals surface area contributed by atoms with Crippen molar-refractivity contribution in [1.29, 1.82) is 0 Å². The number of Topliss-reactive ketones (excluding diaryl/α,β-unsaturated/α-hetero) is 1. The molecule has 34 heavy (non-hydrogen) atoms. The summed E-state index contributed by atoms with van der Waals surface area (Å²) >= 11 is 0. The van der Waals surface area contributed by atoms with Gasteiger partial charge in [-0.05, 0) is 67.8 Å². The second-order valence-electron chi connectivity index (χ2n) is 9.26. The summed E-state index contributed by atoms with van der Waals surface area (Å²) in [4.78, 5) is 28.2. The van der Waals surface area contributed by atoms with Crippen LogP contribution in [0.4, 0.5) is 8.78 Å². The minimum absolute atomic E-state index is 0.0213. The first-order valence-corrected chi connectivity index (χ1v) is 11.9. The molecule has 6 nitrogen and oxygen atoms in total. The lowest BCUT2D eigenvalue weighted by molar-refractivity contribution is 0.0793. The Balaban J connectivity index is 1.33. The lowest BCUT2D eigenvalue weighted by Crippen LogP contribution is -2.43. The van der Waals surface area contributed by atoms with Crippen molar-refractivity contribution < 1.29 is 13.6 Å². The molecule has 2 aromatic carbocycles. The summed E-state index contributed by atoms with van der Waals surface area (Å²) in [6.07, 6.45) is 3.54. The molecule has 178 valence electrons. The zero-order valence-electron chi connectivity index (χ0n) is 19.0. The molecule has 0 unspecified atom stereocenters. The van der Waals surface area contributed by atoms with Gasteiger partial charge in [0, 0.05) is 43.5 Å². The SMILES string of the molecule is O=C(c1ccc(F)cc1)[C@H]1CCN(CCn2nc3n(c2=O)CCCC3)C[C@@H]1c1ccc(F)cc1. The number of ketones is 1. The number of aryl methyl sites for hydroxylation is 1. The van der Waals surface area contributed by atoms with E-state index in [4.69, 9.17) is 0 Å². The van der Waals surface area contributed by atoms with Crippen LogP contribution in [0.5, 0.6) is 0 Å². The summed E-state index contributed by atoms with van der Waals surface area (Å²) in [7, 11) is 0. The summed E-state index contributed by atoms with van der Waals surface area (Å²) in [5, 5.41) is 4.53. The normalized spacial score (nSPS) is 20.8. The summed E-state index contributed by atoms with van der Waals surface area (Å²) in [6.45, 7) is 3.19. The van der Waals surface area contributed by atoms with Gasteiger partial charge in [0.05, 0.1) is 6.54 Å². The van der Waals surface area contributed by atoms with Crippen LogP contribution in [-0.2, 0) is 19.5 Å². The first-order chi connectivity index (χ1) is 16.5. The fourth-order valence-electron chi connectivity index (χ4n) is 5.24. The minimum Gasteiger partial charge on any atom is -0.301 e. The highest BCUT2D eigenvalue weighted by molar-refractivity contribution is 5.98. The highest BCUT2D eigenvalue weighted by Crippen LogP contribution is 2.35. The second-order valence-corrected chi connectivity index (χ2v) is 9.26. The van der Waals surface area contributed by atoms with E-state index in [9.17, 15) is 18.4 Å². The molecule has 1 aromatic heterocycles. The summed E-state index contributed by atoms with van der Waals surface area (Å²) < 4.78 is 30.3. The van der Waals surface area contributed by atoms with Crippen LogP contribution in [0.1, 0.15) is 46.9 Å². The van der Waals surface area contributed by atoms with Gasteiger partial charge in [0.15, 0.2) is 5.78 Å². The highest BCUT2D eigenvalue weighted by Gasteiger charge is 2.35. The van der Waals surface area contributed by atoms with Crippen LogP contribution in [0, 0.1) is 17.6 Å². The fourth-order valence-corrected chi connectivity index (χ4v) is 5.24. The van der Waals surface area contributed by atoms with E-state index in [0.29, 0.717) is 38.2 Å². The molecule has 1 fully saturated rings. The standard InChI is InChI=1S/C26H28F2N4O2/c27-20-8-4-18(5-9-20)23-17-30(14-12-22(23)25(33)19-6-10-21(28)11-7-19)15-16-32-26(34)31-13-2-1-3-24(31)29-32/h4-11,22-23H,1-3,12-17H2/t22-,23+/m0/s1. The van der Waals surface area contributed by atoms with Crippen molar-refractivity contribution in [2.45, 2.75) is 44.7 Å². The number of carbonyl (C=O) groups excluding carboxylic acids is 1. The van der Waals surface area contributed by atoms with E-state index in [1.807, 2.05) is 0 Å². The number of likely N-dealkylation sites (tertiary alicyclic amines) is 1. The van der Waals surface area contributed by atoms with Gasteiger partial charge in [0.25, 0.3) is 0 Å². The van der Waals surface area contributed by atoms with Crippen LogP contribution >= 0.6 is 0 Å². The zero-order chi connectivity index (χ0) is 23.7. The predicted octanol–water partition coefficient (Wildman–Crippen LogP) is 3.65. The Labute approximate surface area is 196 Å². The molecule has 3 heterocycles. The smallest absolute Gasteiger partial charge is 0.301 e. The lowest BCUT2D eigenvalue weighted by atomic mass is 9.76. The molecule has 2 aliphatic heterocycles. The van der Waals surface area contributed by atoms with Crippen LogP contribution < -0.4 is 5.69 Å². The molecule has 0 N–H and O–H groups in total. The maximum absolute atomic E-state index is 13.6. The molecular weight excluding hydrogens is 438 g/mol. The van der Waals surface area contributed by atoms with Crippen molar-refractivity contribution >= 4 is 5.78 Å². The number of nitrogens with zero attached hydrogens (tertiary/aromatic N) is 4. The van der Waals surface area contributed by atoms with E-state index in [1.165, 1.54) is 36.4 Å². The number of piperidine rings is 1. The summed E-state index contributed by atoms with van der Waals surface area (Å²) in [5.74, 6) is -0.261. The van der Waals surface area contributed by atoms with E-state index >= 15 is 0 Å². The lowest BCUT2D eigenvalue weighted by Gasteiger charge is -2.38. The van der Waals surface area contributed by atoms with E-state index in [0.717, 1.165) is 37.2 Å². The number of carbonyl (C=O) groups is 1. The average Bonchev–Trinajstić information content (AvgIpc) is 3.18. The molecule has 0 aliphatic carbocycles. The maximum Gasteiger partial charge on any atom is 0.345 e. The summed E-state index contributed by atoms with van der Waals surface area (Å²) in [6, 6.07) is 12.0. The number of hydrogen-bond acceptors (Lipinski definition) is 4. The number of aromatic nitrogens is 3. The van der Waals surface area contributed by atoms with E-state index < -0.39 is 0 Å². The van der Waals surface area contributed by atoms with Crippen molar-refractivity contribution in [3.63, 3.8) is 0 Å². The first kappa shape index (κ1) is 22.7. The monoisotopic (exact) mass is 466 g/mol. The Kier molecular flexibility index (Phi) is 6.41. The molecule has 3 aromatic rings. The minimum atomic E-state index is -0.377. The summed E-state index contributed by atoms with van der Waals surface area (Å²) in [5.41, 5.74) is 1.34. The van der Waals surface area contributed by atoms with Gasteiger partial charge < -0.3 is 4.90 Å². The van der Waals surface area contributed by atoms with Gasteiger partial charge in [-0.3, -0.25) is 9.36 Å². The number of fused-ring (bicyclic) bond motifs is 1. The molecule has 0 bridgehead atoms. The van der Waals surface area contributed by atoms with Gasteiger partial charge in [-0.1, -0.05) is 12.1 Å². The molecule has 0 amide bonds. The number of halogens is 2. The van der Waals surface area contributed by atoms with Gasteiger partial charge in [-0.2, -0.15) is 5.10 Å². The van der Waals surface area contributed by atoms with Gasteiger partial charge >= 0.3 is 5.69 Å². The van der Waals surface area contributed by atoms with Crippen molar-refractivity contribution in [2.75, 3.05) is 19.6 Å². The van der Waals surface area contributed by atoms with Gasteiger partial charge in [0.1, 0.15) is 17.5 Å². The molecule has 1 saturated heterocycles. The third kappa shape index (κ3) is 4.59. The fraction of sp³-hybridized carbons (Fsp3) is 0.423. The van der Waals surface area contributed by atoms with E-state index in [-0.39, 0.29) is 34.9 Å². The Hall–Kier alpha value is -3.13. The molecule has 0 saturated carbocycles. The van der Waals surface area contributed by atoms with Gasteiger partial charge in [0.2, 0.25) is 0 Å². The molecule has 0 radical (unpaired) electrons. The van der Waals surface area contributed by atoms with E-state index in [2.05, 4.69) is 10.00 Å². The Morgan fingerprint density at radius 1 is 0.941 bits per heavy atom. The highest BCUT2D eigenvalue weighted by atomic mass is 19.1. The maximum atomic E-state index is 13.6. The second kappa shape index (κ2) is 9.62. The molecule has 2 aliphatic rings. The average molecular weight is 467 g/mol. The van der Waals surface area contributed by atoms with Gasteiger partial charge in [-0.15, -0.1) is 0 Å². The van der Waals surface area contributed by atoms with Crippen molar-refractivity contribution in [1.82, 2.24) is 19.2 Å². The molecule has 8 heteroatoms.